The second kappa shape index (κ2) is 19.2. The molecule has 0 saturated carbocycles. The molecule has 16 nitrogen and oxygen atoms in total. The van der Waals surface area contributed by atoms with Gasteiger partial charge in [-0.3, -0.25) is 19.6 Å². The van der Waals surface area contributed by atoms with Crippen LogP contribution >= 0.6 is 0 Å². The van der Waals surface area contributed by atoms with Crippen molar-refractivity contribution in [1.82, 2.24) is 15.3 Å². The zero-order valence-corrected chi connectivity index (χ0v) is 35.7. The summed E-state index contributed by atoms with van der Waals surface area (Å²) < 4.78 is 26.8. The summed E-state index contributed by atoms with van der Waals surface area (Å²) in [6, 6.07) is 18.5. The van der Waals surface area contributed by atoms with Crippen LogP contribution in [-0.2, 0) is 17.8 Å². The molecule has 0 unspecified atom stereocenters. The summed E-state index contributed by atoms with van der Waals surface area (Å²) in [5, 5.41) is 10.8. The Balaban J connectivity index is 0.000000237. The lowest BCUT2D eigenvalue weighted by molar-refractivity contribution is 0.0523. The van der Waals surface area contributed by atoms with E-state index in [2.05, 4.69) is 25.9 Å². The lowest BCUT2D eigenvalue weighted by atomic mass is 10.0. The van der Waals surface area contributed by atoms with Crippen LogP contribution in [0.25, 0.3) is 21.8 Å². The highest BCUT2D eigenvalue weighted by molar-refractivity contribution is 6.09. The molecule has 3 amide bonds. The number of amides is 3. The number of fused-ring (bicyclic) bond motifs is 2. The number of methoxy groups -OCH3 is 4. The molecule has 0 aliphatic heterocycles. The number of alkyl carbamates (subject to hydrolysis) is 1. The van der Waals surface area contributed by atoms with Crippen molar-refractivity contribution in [2.75, 3.05) is 39.1 Å². The Morgan fingerprint density at radius 1 is 0.639 bits per heavy atom. The van der Waals surface area contributed by atoms with Gasteiger partial charge in [0.05, 0.1) is 62.0 Å². The SMILES string of the molecule is COc1cc2ncc(C(N)=O)c(Nc3cccc(CN)c3C)c2cc1OC.COc1cc2ncc(C(N)=O)c(Nc3cccc(CNC(=O)OC(C)(C)C)c3C)c2cc1OC. The van der Waals surface area contributed by atoms with Crippen molar-refractivity contribution >= 4 is 62.5 Å². The molecule has 0 spiro atoms. The molecule has 0 aliphatic rings. The first kappa shape index (κ1) is 44.8. The van der Waals surface area contributed by atoms with Crippen molar-refractivity contribution in [2.45, 2.75) is 53.3 Å². The number of ether oxygens (including phenoxy) is 5. The molecule has 9 N–H and O–H groups in total. The second-order valence-corrected chi connectivity index (χ2v) is 14.8. The third kappa shape index (κ3) is 10.3. The smallest absolute Gasteiger partial charge is 0.407 e. The van der Waals surface area contributed by atoms with Crippen LogP contribution in [0.5, 0.6) is 23.0 Å². The van der Waals surface area contributed by atoms with Gasteiger partial charge in [0.25, 0.3) is 11.8 Å². The van der Waals surface area contributed by atoms with Crippen molar-refractivity contribution in [1.29, 1.82) is 0 Å². The van der Waals surface area contributed by atoms with E-state index in [1.165, 1.54) is 19.5 Å². The van der Waals surface area contributed by atoms with E-state index in [0.717, 1.165) is 33.6 Å². The van der Waals surface area contributed by atoms with E-state index in [1.807, 2.05) is 71.0 Å². The number of hydrogen-bond acceptors (Lipinski definition) is 13. The number of nitrogens with one attached hydrogen (secondary N) is 3. The van der Waals surface area contributed by atoms with E-state index < -0.39 is 23.5 Å². The van der Waals surface area contributed by atoms with Gasteiger partial charge in [-0.05, 0) is 81.1 Å². The number of pyridine rings is 2. The van der Waals surface area contributed by atoms with Crippen molar-refractivity contribution in [3.63, 3.8) is 0 Å². The molecule has 2 aromatic heterocycles. The molecule has 0 atom stereocenters. The summed E-state index contributed by atoms with van der Waals surface area (Å²) >= 11 is 0. The minimum Gasteiger partial charge on any atom is -0.493 e. The Labute approximate surface area is 354 Å². The summed E-state index contributed by atoms with van der Waals surface area (Å²) in [7, 11) is 6.19. The van der Waals surface area contributed by atoms with E-state index in [1.54, 1.807) is 45.6 Å². The monoisotopic (exact) mass is 832 g/mol. The number of nitrogens with two attached hydrogens (primary N) is 3. The van der Waals surface area contributed by atoms with Gasteiger partial charge in [0, 0.05) is 59.8 Å². The number of primary amides is 2. The van der Waals surface area contributed by atoms with Crippen LogP contribution in [-0.4, -0.2) is 61.9 Å². The number of carbonyl (C=O) groups is 3. The molecular formula is C45H52N8O8. The highest BCUT2D eigenvalue weighted by Gasteiger charge is 2.21. The zero-order chi connectivity index (χ0) is 44.6. The molecule has 2 heterocycles. The molecule has 0 aliphatic carbocycles. The van der Waals surface area contributed by atoms with Gasteiger partial charge in [-0.1, -0.05) is 24.3 Å². The lowest BCUT2D eigenvalue weighted by Crippen LogP contribution is -2.32. The van der Waals surface area contributed by atoms with Gasteiger partial charge in [-0.15, -0.1) is 0 Å². The Kier molecular flexibility index (Phi) is 14.1. The molecule has 0 radical (unpaired) electrons. The van der Waals surface area contributed by atoms with Crippen molar-refractivity contribution < 1.29 is 38.1 Å². The third-order valence-corrected chi connectivity index (χ3v) is 9.73. The van der Waals surface area contributed by atoms with Gasteiger partial charge in [0.1, 0.15) is 5.60 Å². The number of benzene rings is 4. The number of hydrogen-bond donors (Lipinski definition) is 6. The zero-order valence-electron chi connectivity index (χ0n) is 35.7. The molecule has 320 valence electrons. The number of aromatic nitrogens is 2. The van der Waals surface area contributed by atoms with Gasteiger partial charge >= 0.3 is 6.09 Å². The number of carbonyl (C=O) groups excluding carboxylic acids is 3. The number of rotatable bonds is 13. The highest BCUT2D eigenvalue weighted by Crippen LogP contribution is 2.39. The highest BCUT2D eigenvalue weighted by atomic mass is 16.6. The minimum atomic E-state index is -0.618. The van der Waals surface area contributed by atoms with E-state index in [0.29, 0.717) is 62.7 Å². The minimum absolute atomic E-state index is 0.233. The van der Waals surface area contributed by atoms with Crippen LogP contribution in [0.1, 0.15) is 63.7 Å². The lowest BCUT2D eigenvalue weighted by Gasteiger charge is -2.20. The largest absolute Gasteiger partial charge is 0.493 e. The summed E-state index contributed by atoms with van der Waals surface area (Å²) in [6.07, 6.45) is 2.39. The summed E-state index contributed by atoms with van der Waals surface area (Å²) in [4.78, 5) is 45.0. The van der Waals surface area contributed by atoms with Crippen LogP contribution in [0.2, 0.25) is 0 Å². The van der Waals surface area contributed by atoms with Crippen LogP contribution in [0.3, 0.4) is 0 Å². The van der Waals surface area contributed by atoms with Gasteiger partial charge < -0.3 is 56.8 Å². The number of anilines is 4. The number of nitrogens with zero attached hydrogens (tertiary/aromatic N) is 2. The molecule has 0 fully saturated rings. The molecular weight excluding hydrogens is 781 g/mol. The van der Waals surface area contributed by atoms with Crippen molar-refractivity contribution in [2.24, 2.45) is 17.2 Å². The second-order valence-electron chi connectivity index (χ2n) is 14.8. The van der Waals surface area contributed by atoms with Crippen molar-refractivity contribution in [3.8, 4) is 23.0 Å². The van der Waals surface area contributed by atoms with Gasteiger partial charge in [0.15, 0.2) is 23.0 Å². The fourth-order valence-electron chi connectivity index (χ4n) is 6.48. The standard InChI is InChI=1S/C25H30N4O5.C20H22N4O3/c1-14-15(12-28-24(31)34-25(2,3)4)8-7-9-18(14)29-22-16-10-20(32-5)21(33-6)11-19(16)27-13-17(22)23(26)30;1-11-12(9-21)5-4-6-15(11)24-19-13-7-17(26-2)18(27-3)8-16(13)23-10-14(19)20(22)25/h7-11,13H,12H2,1-6H3,(H2,26,30)(H,27,29)(H,28,31);4-8,10H,9,21H2,1-3H3,(H2,22,25)(H,23,24). The summed E-state index contributed by atoms with van der Waals surface area (Å²) in [6.45, 7) is 10.0. The molecule has 4 aromatic carbocycles. The molecule has 61 heavy (non-hydrogen) atoms. The van der Waals surface area contributed by atoms with Crippen LogP contribution < -0.4 is 52.1 Å². The van der Waals surface area contributed by atoms with E-state index >= 15 is 0 Å². The molecule has 0 bridgehead atoms. The maximum absolute atomic E-state index is 12.2. The van der Waals surface area contributed by atoms with Crippen LogP contribution in [0, 0.1) is 13.8 Å². The summed E-state index contributed by atoms with van der Waals surface area (Å²) in [5.74, 6) is 0.905. The topological polar surface area (TPSA) is 237 Å². The predicted octanol–water partition coefficient (Wildman–Crippen LogP) is 7.29. The average Bonchev–Trinajstić information content (AvgIpc) is 3.23. The summed E-state index contributed by atoms with van der Waals surface area (Å²) in [5.41, 5.74) is 24.6. The van der Waals surface area contributed by atoms with Gasteiger partial charge in [-0.2, -0.15) is 0 Å². The Hall–Kier alpha value is -7.33. The quantitative estimate of drug-likeness (QED) is 0.0671. The Bertz CT molecular complexity index is 2610. The fourth-order valence-corrected chi connectivity index (χ4v) is 6.48. The molecule has 6 rings (SSSR count). The van der Waals surface area contributed by atoms with Gasteiger partial charge in [0.2, 0.25) is 0 Å². The van der Waals surface area contributed by atoms with Crippen molar-refractivity contribution in [3.05, 3.63) is 106 Å². The first-order chi connectivity index (χ1) is 29.0. The maximum Gasteiger partial charge on any atom is 0.407 e. The average molecular weight is 833 g/mol. The molecule has 6 aromatic rings. The molecule has 0 saturated heterocycles. The third-order valence-electron chi connectivity index (χ3n) is 9.73. The predicted molar refractivity (Wildman–Crippen MR) is 237 cm³/mol. The maximum atomic E-state index is 12.2. The van der Waals surface area contributed by atoms with E-state index in [9.17, 15) is 14.4 Å². The molecule has 16 heteroatoms. The van der Waals surface area contributed by atoms with E-state index in [-0.39, 0.29) is 17.7 Å². The Morgan fingerprint density at radius 2 is 1.05 bits per heavy atom. The fraction of sp³-hybridized carbons (Fsp3) is 0.267. The van der Waals surface area contributed by atoms with Gasteiger partial charge in [-0.25, -0.2) is 4.79 Å². The van der Waals surface area contributed by atoms with E-state index in [4.69, 9.17) is 40.9 Å². The van der Waals surface area contributed by atoms with Crippen LogP contribution in [0.4, 0.5) is 27.5 Å². The Morgan fingerprint density at radius 3 is 1.44 bits per heavy atom. The first-order valence-corrected chi connectivity index (χ1v) is 19.1. The van der Waals surface area contributed by atoms with Crippen LogP contribution in [0.15, 0.2) is 73.1 Å². The normalized spacial score (nSPS) is 10.9. The first-order valence-electron chi connectivity index (χ1n) is 19.1.